The number of oxime groups is 1. The van der Waals surface area contributed by atoms with Crippen molar-refractivity contribution in [2.45, 2.75) is 20.3 Å². The van der Waals surface area contributed by atoms with Crippen molar-refractivity contribution in [2.75, 3.05) is 6.54 Å². The number of nitrogens with zero attached hydrogens (tertiary/aromatic N) is 1. The lowest BCUT2D eigenvalue weighted by Crippen LogP contribution is -2.33. The van der Waals surface area contributed by atoms with Crippen molar-refractivity contribution in [3.8, 4) is 0 Å². The molecular weight excluding hydrogens is 130 g/mol. The van der Waals surface area contributed by atoms with Gasteiger partial charge in [0.2, 0.25) is 0 Å². The molecule has 0 rings (SSSR count). The third kappa shape index (κ3) is 2.23. The highest BCUT2D eigenvalue weighted by molar-refractivity contribution is 5.85. The van der Waals surface area contributed by atoms with Crippen LogP contribution in [-0.2, 0) is 0 Å². The second-order valence-corrected chi connectivity index (χ2v) is 2.91. The average molecular weight is 145 g/mol. The second-order valence-electron chi connectivity index (χ2n) is 2.91. The van der Waals surface area contributed by atoms with Gasteiger partial charge in [-0.3, -0.25) is 0 Å². The summed E-state index contributed by atoms with van der Waals surface area (Å²) >= 11 is 0. The molecule has 0 saturated carbocycles. The monoisotopic (exact) mass is 145 g/mol. The molecule has 0 amide bonds. The molecule has 0 aromatic heterocycles. The molecule has 0 atom stereocenters. The van der Waals surface area contributed by atoms with Gasteiger partial charge in [0.15, 0.2) is 0 Å². The van der Waals surface area contributed by atoms with E-state index < -0.39 is 0 Å². The van der Waals surface area contributed by atoms with Crippen molar-refractivity contribution in [1.82, 2.24) is 0 Å². The summed E-state index contributed by atoms with van der Waals surface area (Å²) in [6.07, 6.45) is 0.725. The quantitative estimate of drug-likeness (QED) is 0.228. The first-order valence-corrected chi connectivity index (χ1v) is 3.22. The Balaban J connectivity index is 4.10. The van der Waals surface area contributed by atoms with Crippen LogP contribution in [0, 0.1) is 5.41 Å². The van der Waals surface area contributed by atoms with Gasteiger partial charge in [0.05, 0.1) is 0 Å². The summed E-state index contributed by atoms with van der Waals surface area (Å²) < 4.78 is 0. The van der Waals surface area contributed by atoms with E-state index in [0.29, 0.717) is 6.54 Å². The molecule has 0 saturated heterocycles. The van der Waals surface area contributed by atoms with E-state index in [-0.39, 0.29) is 11.3 Å². The van der Waals surface area contributed by atoms with E-state index in [1.165, 1.54) is 0 Å². The minimum Gasteiger partial charge on any atom is -0.409 e. The lowest BCUT2D eigenvalue weighted by Gasteiger charge is -2.21. The zero-order chi connectivity index (χ0) is 8.20. The minimum absolute atomic E-state index is 0.234. The van der Waals surface area contributed by atoms with Crippen LogP contribution in [-0.4, -0.2) is 17.6 Å². The Morgan fingerprint density at radius 3 is 2.40 bits per heavy atom. The Kier molecular flexibility index (Phi) is 3.15. The van der Waals surface area contributed by atoms with Crippen molar-refractivity contribution >= 4 is 5.84 Å². The van der Waals surface area contributed by atoms with Gasteiger partial charge in [-0.05, 0) is 13.0 Å². The molecule has 0 spiro atoms. The van der Waals surface area contributed by atoms with Gasteiger partial charge in [0.1, 0.15) is 5.84 Å². The van der Waals surface area contributed by atoms with Crippen molar-refractivity contribution in [1.29, 1.82) is 0 Å². The SMILES string of the molecule is CC(C)(CCN)C(N)=NO. The molecule has 0 aromatic carbocycles. The molecule has 0 aliphatic carbocycles. The van der Waals surface area contributed by atoms with Crippen LogP contribution < -0.4 is 11.5 Å². The van der Waals surface area contributed by atoms with Crippen LogP contribution in [0.25, 0.3) is 0 Å². The maximum atomic E-state index is 8.32. The third-order valence-corrected chi connectivity index (χ3v) is 1.57. The van der Waals surface area contributed by atoms with Crippen LogP contribution in [0.2, 0.25) is 0 Å². The van der Waals surface area contributed by atoms with Gasteiger partial charge in [-0.2, -0.15) is 0 Å². The molecule has 5 N–H and O–H groups in total. The highest BCUT2D eigenvalue weighted by Gasteiger charge is 2.21. The molecule has 4 heteroatoms. The van der Waals surface area contributed by atoms with Gasteiger partial charge in [0, 0.05) is 5.41 Å². The molecule has 0 aromatic rings. The molecule has 0 unspecified atom stereocenters. The Bertz CT molecular complexity index is 131. The zero-order valence-corrected chi connectivity index (χ0v) is 6.46. The molecule has 0 aliphatic heterocycles. The Morgan fingerprint density at radius 2 is 2.10 bits per heavy atom. The summed E-state index contributed by atoms with van der Waals surface area (Å²) in [6.45, 7) is 4.31. The number of hydrogen-bond acceptors (Lipinski definition) is 3. The van der Waals surface area contributed by atoms with Crippen LogP contribution in [0.1, 0.15) is 20.3 Å². The summed E-state index contributed by atoms with van der Waals surface area (Å²) in [5, 5.41) is 11.2. The van der Waals surface area contributed by atoms with Crippen molar-refractivity contribution < 1.29 is 5.21 Å². The average Bonchev–Trinajstić information content (AvgIpc) is 1.86. The summed E-state index contributed by atoms with van der Waals surface area (Å²) in [6, 6.07) is 0. The minimum atomic E-state index is -0.288. The summed E-state index contributed by atoms with van der Waals surface area (Å²) in [5.74, 6) is 0.234. The van der Waals surface area contributed by atoms with Crippen molar-refractivity contribution in [3.63, 3.8) is 0 Å². The van der Waals surface area contributed by atoms with E-state index in [4.69, 9.17) is 16.7 Å². The normalized spacial score (nSPS) is 13.7. The van der Waals surface area contributed by atoms with E-state index in [2.05, 4.69) is 5.16 Å². The first kappa shape index (κ1) is 9.23. The lowest BCUT2D eigenvalue weighted by molar-refractivity contribution is 0.306. The van der Waals surface area contributed by atoms with E-state index in [1.807, 2.05) is 13.8 Å². The summed E-state index contributed by atoms with van der Waals surface area (Å²) in [4.78, 5) is 0. The molecule has 0 heterocycles. The van der Waals surface area contributed by atoms with Crippen LogP contribution in [0.4, 0.5) is 0 Å². The molecule has 0 radical (unpaired) electrons. The highest BCUT2D eigenvalue weighted by atomic mass is 16.4. The molecule has 0 fully saturated rings. The van der Waals surface area contributed by atoms with E-state index in [9.17, 15) is 0 Å². The Labute approximate surface area is 60.9 Å². The number of amidine groups is 1. The summed E-state index contributed by atoms with van der Waals surface area (Å²) in [5.41, 5.74) is 10.4. The van der Waals surface area contributed by atoms with E-state index in [1.54, 1.807) is 0 Å². The highest BCUT2D eigenvalue weighted by Crippen LogP contribution is 2.18. The smallest absolute Gasteiger partial charge is 0.144 e. The molecular formula is C6H15N3O. The first-order valence-electron chi connectivity index (χ1n) is 3.22. The van der Waals surface area contributed by atoms with Gasteiger partial charge in [-0.25, -0.2) is 0 Å². The predicted molar refractivity (Wildman–Crippen MR) is 40.9 cm³/mol. The maximum Gasteiger partial charge on any atom is 0.144 e. The molecule has 60 valence electrons. The number of nitrogens with two attached hydrogens (primary N) is 2. The van der Waals surface area contributed by atoms with Crippen LogP contribution in [0.5, 0.6) is 0 Å². The van der Waals surface area contributed by atoms with Gasteiger partial charge >= 0.3 is 0 Å². The van der Waals surface area contributed by atoms with Gasteiger partial charge in [-0.15, -0.1) is 0 Å². The van der Waals surface area contributed by atoms with Crippen LogP contribution in [0.3, 0.4) is 0 Å². The number of hydrogen-bond donors (Lipinski definition) is 3. The lowest BCUT2D eigenvalue weighted by atomic mass is 9.88. The third-order valence-electron chi connectivity index (χ3n) is 1.57. The molecule has 10 heavy (non-hydrogen) atoms. The number of rotatable bonds is 3. The standard InChI is InChI=1S/C6H15N3O/c1-6(2,3-4-7)5(8)9-10/h10H,3-4,7H2,1-2H3,(H2,8,9). The van der Waals surface area contributed by atoms with Crippen molar-refractivity contribution in [3.05, 3.63) is 0 Å². The molecule has 4 nitrogen and oxygen atoms in total. The zero-order valence-electron chi connectivity index (χ0n) is 6.46. The molecule has 0 aliphatic rings. The second kappa shape index (κ2) is 3.41. The van der Waals surface area contributed by atoms with Gasteiger partial charge in [0.25, 0.3) is 0 Å². The Morgan fingerprint density at radius 1 is 1.60 bits per heavy atom. The fourth-order valence-corrected chi connectivity index (χ4v) is 0.624. The first-order chi connectivity index (χ1) is 4.54. The van der Waals surface area contributed by atoms with Crippen LogP contribution in [0.15, 0.2) is 5.16 Å². The molecule has 0 bridgehead atoms. The fourth-order valence-electron chi connectivity index (χ4n) is 0.624. The topological polar surface area (TPSA) is 84.6 Å². The fraction of sp³-hybridized carbons (Fsp3) is 0.833. The maximum absolute atomic E-state index is 8.32. The largest absolute Gasteiger partial charge is 0.409 e. The van der Waals surface area contributed by atoms with Crippen LogP contribution >= 0.6 is 0 Å². The van der Waals surface area contributed by atoms with Gasteiger partial charge < -0.3 is 16.7 Å². The van der Waals surface area contributed by atoms with Gasteiger partial charge in [-0.1, -0.05) is 19.0 Å². The van der Waals surface area contributed by atoms with E-state index >= 15 is 0 Å². The van der Waals surface area contributed by atoms with E-state index in [0.717, 1.165) is 6.42 Å². The Hall–Kier alpha value is -0.770. The summed E-state index contributed by atoms with van der Waals surface area (Å²) in [7, 11) is 0. The van der Waals surface area contributed by atoms with Crippen molar-refractivity contribution in [2.24, 2.45) is 22.0 Å². The predicted octanol–water partition coefficient (Wildman–Crippen LogP) is 0.108.